The predicted molar refractivity (Wildman–Crippen MR) is 172 cm³/mol. The van der Waals surface area contributed by atoms with Crippen LogP contribution >= 0.6 is 11.3 Å². The summed E-state index contributed by atoms with van der Waals surface area (Å²) in [6.07, 6.45) is 0.819. The van der Waals surface area contributed by atoms with Crippen LogP contribution in [0, 0.1) is 0 Å². The Labute approximate surface area is 264 Å². The second kappa shape index (κ2) is 14.2. The number of ether oxygens (including phenoxy) is 4. The van der Waals surface area contributed by atoms with E-state index in [1.807, 2.05) is 6.07 Å². The number of nitrogens with zero attached hydrogens (tertiary/aromatic N) is 1. The lowest BCUT2D eigenvalue weighted by atomic mass is 9.99. The minimum atomic E-state index is -2.67. The normalized spacial score (nSPS) is 16.0. The van der Waals surface area contributed by atoms with Crippen molar-refractivity contribution in [1.29, 1.82) is 0 Å². The molecule has 1 fully saturated rings. The third-order valence-electron chi connectivity index (χ3n) is 8.68. The summed E-state index contributed by atoms with van der Waals surface area (Å²) < 4.78 is 58.5. The zero-order valence-corrected chi connectivity index (χ0v) is 28.8. The van der Waals surface area contributed by atoms with Gasteiger partial charge in [0.1, 0.15) is 11.5 Å². The molecule has 1 heterocycles. The lowest BCUT2D eigenvalue weighted by Gasteiger charge is -2.42. The van der Waals surface area contributed by atoms with E-state index in [1.165, 1.54) is 24.5 Å². The molecule has 7 nitrogen and oxygen atoms in total. The van der Waals surface area contributed by atoms with Crippen LogP contribution in [0.3, 0.4) is 0 Å². The fourth-order valence-corrected chi connectivity index (χ4v) is 7.57. The fourth-order valence-electron chi connectivity index (χ4n) is 5.23. The van der Waals surface area contributed by atoms with E-state index in [-0.39, 0.29) is 29.1 Å². The zero-order valence-electron chi connectivity index (χ0n) is 27.0. The van der Waals surface area contributed by atoms with Crippen LogP contribution in [0.4, 0.5) is 8.78 Å². The summed E-state index contributed by atoms with van der Waals surface area (Å²) in [4.78, 5) is 17.8. The average molecular weight is 650 g/mol. The molecule has 0 bridgehead atoms. The van der Waals surface area contributed by atoms with Gasteiger partial charge >= 0.3 is 5.97 Å². The summed E-state index contributed by atoms with van der Waals surface area (Å²) >= 11 is 1.47. The Hall–Kier alpha value is -2.60. The summed E-state index contributed by atoms with van der Waals surface area (Å²) in [6.45, 7) is 12.9. The third-order valence-corrected chi connectivity index (χ3v) is 14.2. The van der Waals surface area contributed by atoms with E-state index >= 15 is 0 Å². The van der Waals surface area contributed by atoms with Gasteiger partial charge in [0.25, 0.3) is 6.43 Å². The molecular weight excluding hydrogens is 605 g/mol. The Morgan fingerprint density at radius 1 is 1.09 bits per heavy atom. The van der Waals surface area contributed by atoms with Gasteiger partial charge in [0.05, 0.1) is 65.5 Å². The molecule has 4 rings (SSSR count). The molecule has 1 aliphatic carbocycles. The van der Waals surface area contributed by atoms with Gasteiger partial charge in [-0.15, -0.1) is 11.3 Å². The van der Waals surface area contributed by atoms with Crippen molar-refractivity contribution in [3.8, 4) is 11.5 Å². The molecule has 0 radical (unpaired) electrons. The lowest BCUT2D eigenvalue weighted by Crippen LogP contribution is -2.45. The largest absolute Gasteiger partial charge is 0.497 e. The number of esters is 1. The first-order chi connectivity index (χ1) is 20.8. The van der Waals surface area contributed by atoms with E-state index < -0.39 is 32.9 Å². The van der Waals surface area contributed by atoms with Crippen LogP contribution in [-0.4, -0.2) is 52.3 Å². The van der Waals surface area contributed by atoms with Crippen LogP contribution in [0.5, 0.6) is 11.5 Å². The number of carbonyl (C=O) groups excluding carboxylic acids is 1. The highest BCUT2D eigenvalue weighted by Crippen LogP contribution is 2.44. The van der Waals surface area contributed by atoms with Gasteiger partial charge in [-0.25, -0.2) is 18.6 Å². The Balaban J connectivity index is 1.83. The Morgan fingerprint density at radius 3 is 2.39 bits per heavy atom. The van der Waals surface area contributed by atoms with Gasteiger partial charge < -0.3 is 23.4 Å². The second-order valence-electron chi connectivity index (χ2n) is 12.7. The second-order valence-corrected chi connectivity index (χ2v) is 18.6. The van der Waals surface area contributed by atoms with Crippen LogP contribution < -0.4 is 9.47 Å². The van der Waals surface area contributed by atoms with Crippen LogP contribution in [-0.2, 0) is 20.3 Å². The maximum absolute atomic E-state index is 13.8. The first-order valence-corrected chi connectivity index (χ1v) is 18.9. The summed E-state index contributed by atoms with van der Waals surface area (Å²) in [6, 6.07) is 8.30. The molecule has 0 saturated heterocycles. The van der Waals surface area contributed by atoms with E-state index in [2.05, 4.69) is 33.9 Å². The number of hydrogen-bond acceptors (Lipinski definition) is 8. The highest BCUT2D eigenvalue weighted by Gasteiger charge is 2.42. The van der Waals surface area contributed by atoms with Gasteiger partial charge in [0, 0.05) is 6.42 Å². The number of aromatic nitrogens is 1. The topological polar surface area (TPSA) is 76.1 Å². The Morgan fingerprint density at radius 2 is 1.80 bits per heavy atom. The van der Waals surface area contributed by atoms with Crippen LogP contribution in [0.15, 0.2) is 30.3 Å². The van der Waals surface area contributed by atoms with E-state index in [4.69, 9.17) is 28.4 Å². The number of alkyl halides is 2. The standard InChI is InChI=1S/C33H45F2NO6SSi/c1-9-40-32(37)24-17-22(38-5)18-27-29(24)36-28(43-27)19-26(41-21-12-10-11-13-21)30(42-44(7,8)33(2,3)4)20-14-15-23(31(34)35)25(16-20)39-6/h14-18,21,26,30-31H,9-13,19H2,1-8H3/t26-,30+/m0/s1. The van der Waals surface area contributed by atoms with Crippen LogP contribution in [0.25, 0.3) is 10.2 Å². The first-order valence-electron chi connectivity index (χ1n) is 15.2. The molecule has 0 spiro atoms. The van der Waals surface area contributed by atoms with Gasteiger partial charge in [0.2, 0.25) is 0 Å². The van der Waals surface area contributed by atoms with Gasteiger partial charge in [-0.1, -0.05) is 39.7 Å². The molecule has 242 valence electrons. The highest BCUT2D eigenvalue weighted by atomic mass is 32.1. The van der Waals surface area contributed by atoms with Gasteiger partial charge in [-0.05, 0) is 67.7 Å². The molecule has 3 aromatic rings. The maximum atomic E-state index is 13.8. The number of methoxy groups -OCH3 is 2. The smallest absolute Gasteiger partial charge is 0.340 e. The van der Waals surface area contributed by atoms with Crippen molar-refractivity contribution in [1.82, 2.24) is 4.98 Å². The van der Waals surface area contributed by atoms with E-state index in [9.17, 15) is 13.6 Å². The van der Waals surface area contributed by atoms with Crippen LogP contribution in [0.1, 0.15) is 92.4 Å². The molecule has 0 N–H and O–H groups in total. The first kappa shape index (κ1) is 34.3. The van der Waals surface area contributed by atoms with Crippen molar-refractivity contribution in [3.63, 3.8) is 0 Å². The highest BCUT2D eigenvalue weighted by molar-refractivity contribution is 7.18. The number of benzene rings is 2. The monoisotopic (exact) mass is 649 g/mol. The molecule has 2 aromatic carbocycles. The SMILES string of the molecule is CCOC(=O)c1cc(OC)cc2sc(C[C@H](OC3CCCC3)[C@H](O[Si](C)(C)C(C)(C)C)c3ccc(C(F)F)c(OC)c3)nc12. The molecule has 2 atom stereocenters. The van der Waals surface area contributed by atoms with Crippen molar-refractivity contribution in [2.75, 3.05) is 20.8 Å². The molecule has 1 saturated carbocycles. The number of fused-ring (bicyclic) bond motifs is 1. The summed E-state index contributed by atoms with van der Waals surface area (Å²) in [5.74, 6) is 0.198. The lowest BCUT2D eigenvalue weighted by molar-refractivity contribution is -0.0704. The zero-order chi connectivity index (χ0) is 32.2. The number of carbonyl (C=O) groups is 1. The molecule has 1 aliphatic rings. The maximum Gasteiger partial charge on any atom is 0.340 e. The van der Waals surface area contributed by atoms with Crippen molar-refractivity contribution < 1.29 is 36.9 Å². The molecule has 44 heavy (non-hydrogen) atoms. The molecule has 11 heteroatoms. The Bertz CT molecular complexity index is 1430. The summed E-state index contributed by atoms with van der Waals surface area (Å²) in [5.41, 5.74) is 1.45. The molecular formula is C33H45F2NO6SSi. The summed E-state index contributed by atoms with van der Waals surface area (Å²) in [5, 5.41) is 0.652. The van der Waals surface area contributed by atoms with Gasteiger partial charge in [0.15, 0.2) is 8.32 Å². The molecule has 0 unspecified atom stereocenters. The molecule has 0 aliphatic heterocycles. The van der Waals surface area contributed by atoms with E-state index in [0.29, 0.717) is 28.8 Å². The number of halogens is 2. The van der Waals surface area contributed by atoms with Crippen molar-refractivity contribution in [2.24, 2.45) is 0 Å². The minimum absolute atomic E-state index is 0.0531. The van der Waals surface area contributed by atoms with Crippen molar-refractivity contribution in [3.05, 3.63) is 52.0 Å². The summed E-state index contributed by atoms with van der Waals surface area (Å²) in [7, 11) is 0.566. The fraction of sp³-hybridized carbons (Fsp3) is 0.576. The van der Waals surface area contributed by atoms with Gasteiger partial charge in [-0.2, -0.15) is 0 Å². The third kappa shape index (κ3) is 7.78. The number of thiazole rings is 1. The van der Waals surface area contributed by atoms with Gasteiger partial charge in [-0.3, -0.25) is 0 Å². The number of rotatable bonds is 13. The van der Waals surface area contributed by atoms with Crippen LogP contribution in [0.2, 0.25) is 18.1 Å². The predicted octanol–water partition coefficient (Wildman–Crippen LogP) is 9.06. The van der Waals surface area contributed by atoms with E-state index in [1.54, 1.807) is 32.2 Å². The minimum Gasteiger partial charge on any atom is -0.497 e. The van der Waals surface area contributed by atoms with Crippen molar-refractivity contribution >= 4 is 35.8 Å². The average Bonchev–Trinajstić information content (AvgIpc) is 3.63. The number of hydrogen-bond donors (Lipinski definition) is 0. The molecule has 1 aromatic heterocycles. The van der Waals surface area contributed by atoms with Crippen molar-refractivity contribution in [2.45, 2.75) is 103 Å². The quantitative estimate of drug-likeness (QED) is 0.135. The van der Waals surface area contributed by atoms with E-state index in [0.717, 1.165) is 35.4 Å². The molecule has 0 amide bonds. The Kier molecular flexibility index (Phi) is 11.1.